The van der Waals surface area contributed by atoms with E-state index in [0.717, 1.165) is 16.8 Å². The van der Waals surface area contributed by atoms with Crippen LogP contribution in [0.3, 0.4) is 0 Å². The van der Waals surface area contributed by atoms with Crippen LogP contribution in [0, 0.1) is 6.92 Å². The first kappa shape index (κ1) is 22.5. The number of methoxy groups -OCH3 is 3. The molecule has 8 heteroatoms. The maximum absolute atomic E-state index is 13.1. The lowest BCUT2D eigenvalue weighted by atomic mass is 10.0. The highest BCUT2D eigenvalue weighted by molar-refractivity contribution is 5.90. The van der Waals surface area contributed by atoms with Crippen molar-refractivity contribution in [2.45, 2.75) is 13.3 Å². The molecular weight excluding hydrogens is 424 g/mol. The molecule has 1 saturated heterocycles. The first-order chi connectivity index (χ1) is 16.0. The summed E-state index contributed by atoms with van der Waals surface area (Å²) >= 11 is 0. The molecule has 1 amide bonds. The largest absolute Gasteiger partial charge is 0.495 e. The van der Waals surface area contributed by atoms with E-state index in [2.05, 4.69) is 4.90 Å². The second-order valence-electron chi connectivity index (χ2n) is 7.89. The Balaban J connectivity index is 1.52. The number of fused-ring (bicyclic) bond motifs is 1. The molecule has 1 aromatic heterocycles. The number of piperazine rings is 1. The van der Waals surface area contributed by atoms with E-state index in [-0.39, 0.29) is 12.3 Å². The number of hydrogen-bond acceptors (Lipinski definition) is 7. The average molecular weight is 453 g/mol. The molecule has 0 N–H and O–H groups in total. The van der Waals surface area contributed by atoms with Gasteiger partial charge in [0.2, 0.25) is 11.7 Å². The molecule has 0 unspecified atom stereocenters. The van der Waals surface area contributed by atoms with Crippen molar-refractivity contribution < 1.29 is 23.4 Å². The van der Waals surface area contributed by atoms with Gasteiger partial charge in [0, 0.05) is 31.6 Å². The summed E-state index contributed by atoms with van der Waals surface area (Å²) in [5.41, 5.74) is 1.88. The second kappa shape index (κ2) is 9.44. The summed E-state index contributed by atoms with van der Waals surface area (Å²) < 4.78 is 21.7. The second-order valence-corrected chi connectivity index (χ2v) is 7.89. The van der Waals surface area contributed by atoms with Gasteiger partial charge in [-0.05, 0) is 36.8 Å². The number of rotatable bonds is 6. The molecule has 4 rings (SSSR count). The quantitative estimate of drug-likeness (QED) is 0.532. The van der Waals surface area contributed by atoms with Crippen LogP contribution >= 0.6 is 0 Å². The molecule has 0 bridgehead atoms. The number of aryl methyl sites for hydroxylation is 1. The third-order valence-corrected chi connectivity index (χ3v) is 6.18. The fourth-order valence-corrected chi connectivity index (χ4v) is 4.32. The van der Waals surface area contributed by atoms with Gasteiger partial charge in [-0.3, -0.25) is 4.79 Å². The molecule has 2 heterocycles. The molecule has 0 spiro atoms. The maximum Gasteiger partial charge on any atom is 0.340 e. The molecule has 174 valence electrons. The van der Waals surface area contributed by atoms with Crippen LogP contribution in [0.5, 0.6) is 17.2 Å². The minimum atomic E-state index is -0.535. The van der Waals surface area contributed by atoms with Gasteiger partial charge in [-0.25, -0.2) is 4.79 Å². The number of para-hydroxylation sites is 2. The van der Waals surface area contributed by atoms with Gasteiger partial charge in [-0.15, -0.1) is 0 Å². The zero-order valence-corrected chi connectivity index (χ0v) is 19.3. The van der Waals surface area contributed by atoms with Crippen LogP contribution in [0.15, 0.2) is 45.6 Å². The number of hydrogen-bond donors (Lipinski definition) is 0. The number of benzene rings is 2. The SMILES string of the molecule is COc1ccccc1N1CCN(C(=O)Cc2c(C)c3ccc(OC)c(OC)c3oc2=O)CC1. The van der Waals surface area contributed by atoms with Crippen LogP contribution in [0.25, 0.3) is 11.0 Å². The zero-order chi connectivity index (χ0) is 23.5. The lowest BCUT2D eigenvalue weighted by molar-refractivity contribution is -0.130. The third-order valence-electron chi connectivity index (χ3n) is 6.18. The molecule has 1 aliphatic rings. The Kier molecular flexibility index (Phi) is 6.44. The van der Waals surface area contributed by atoms with Gasteiger partial charge in [-0.2, -0.15) is 0 Å². The van der Waals surface area contributed by atoms with Gasteiger partial charge < -0.3 is 28.4 Å². The van der Waals surface area contributed by atoms with Crippen LogP contribution in [-0.2, 0) is 11.2 Å². The highest BCUT2D eigenvalue weighted by Gasteiger charge is 2.25. The van der Waals surface area contributed by atoms with E-state index in [1.807, 2.05) is 37.3 Å². The summed E-state index contributed by atoms with van der Waals surface area (Å²) in [4.78, 5) is 29.8. The van der Waals surface area contributed by atoms with Crippen molar-refractivity contribution in [1.82, 2.24) is 4.90 Å². The standard InChI is InChI=1S/C25H28N2O6/c1-16-17-9-10-21(31-3)24(32-4)23(17)33-25(29)18(16)15-22(28)27-13-11-26(12-14-27)19-7-5-6-8-20(19)30-2/h5-10H,11-15H2,1-4H3. The Morgan fingerprint density at radius 1 is 0.939 bits per heavy atom. The number of ether oxygens (including phenoxy) is 3. The molecule has 0 atom stereocenters. The van der Waals surface area contributed by atoms with E-state index in [9.17, 15) is 9.59 Å². The van der Waals surface area contributed by atoms with Crippen molar-refractivity contribution in [3.05, 3.63) is 57.9 Å². The topological polar surface area (TPSA) is 81.5 Å². The summed E-state index contributed by atoms with van der Waals surface area (Å²) in [6.07, 6.45) is -0.00684. The molecule has 0 aliphatic carbocycles. The molecule has 1 aliphatic heterocycles. The maximum atomic E-state index is 13.1. The monoisotopic (exact) mass is 452 g/mol. The zero-order valence-electron chi connectivity index (χ0n) is 19.3. The van der Waals surface area contributed by atoms with Gasteiger partial charge in [0.1, 0.15) is 5.75 Å². The Morgan fingerprint density at radius 3 is 2.30 bits per heavy atom. The van der Waals surface area contributed by atoms with Crippen LogP contribution in [0.1, 0.15) is 11.1 Å². The van der Waals surface area contributed by atoms with Gasteiger partial charge >= 0.3 is 5.63 Å². The van der Waals surface area contributed by atoms with Crippen LogP contribution < -0.4 is 24.7 Å². The molecule has 0 radical (unpaired) electrons. The number of nitrogens with zero attached hydrogens (tertiary/aromatic N) is 2. The molecule has 33 heavy (non-hydrogen) atoms. The van der Waals surface area contributed by atoms with E-state index in [1.54, 1.807) is 18.1 Å². The number of anilines is 1. The predicted octanol–water partition coefficient (Wildman–Crippen LogP) is 3.02. The molecular formula is C25H28N2O6. The summed E-state index contributed by atoms with van der Waals surface area (Å²) in [5, 5.41) is 0.719. The van der Waals surface area contributed by atoms with Gasteiger partial charge in [0.05, 0.1) is 39.0 Å². The van der Waals surface area contributed by atoms with Crippen LogP contribution in [0.4, 0.5) is 5.69 Å². The Hall–Kier alpha value is -3.68. The molecule has 8 nitrogen and oxygen atoms in total. The third kappa shape index (κ3) is 4.20. The van der Waals surface area contributed by atoms with E-state index in [1.165, 1.54) is 14.2 Å². The molecule has 3 aromatic rings. The van der Waals surface area contributed by atoms with Crippen molar-refractivity contribution in [2.24, 2.45) is 0 Å². The van der Waals surface area contributed by atoms with Crippen LogP contribution in [0.2, 0.25) is 0 Å². The van der Waals surface area contributed by atoms with E-state index in [0.29, 0.717) is 54.4 Å². The van der Waals surface area contributed by atoms with Crippen molar-refractivity contribution >= 4 is 22.6 Å². The highest BCUT2D eigenvalue weighted by Crippen LogP contribution is 2.36. The highest BCUT2D eigenvalue weighted by atomic mass is 16.5. The smallest absolute Gasteiger partial charge is 0.340 e. The van der Waals surface area contributed by atoms with E-state index in [4.69, 9.17) is 18.6 Å². The lowest BCUT2D eigenvalue weighted by Crippen LogP contribution is -2.49. The fraction of sp³-hybridized carbons (Fsp3) is 0.360. The minimum Gasteiger partial charge on any atom is -0.495 e. The Bertz CT molecular complexity index is 1230. The van der Waals surface area contributed by atoms with Crippen LogP contribution in [-0.4, -0.2) is 58.3 Å². The Morgan fingerprint density at radius 2 is 1.64 bits per heavy atom. The van der Waals surface area contributed by atoms with Gasteiger partial charge in [-0.1, -0.05) is 12.1 Å². The van der Waals surface area contributed by atoms with Gasteiger partial charge in [0.15, 0.2) is 11.3 Å². The Labute approximate surface area is 192 Å². The average Bonchev–Trinajstić information content (AvgIpc) is 2.85. The summed E-state index contributed by atoms with van der Waals surface area (Å²) in [7, 11) is 4.67. The number of amides is 1. The molecule has 1 fully saturated rings. The predicted molar refractivity (Wildman–Crippen MR) is 126 cm³/mol. The van der Waals surface area contributed by atoms with E-state index < -0.39 is 5.63 Å². The summed E-state index contributed by atoms with van der Waals surface area (Å²) in [6, 6.07) is 11.4. The lowest BCUT2D eigenvalue weighted by Gasteiger charge is -2.36. The summed E-state index contributed by atoms with van der Waals surface area (Å²) in [6.45, 7) is 4.34. The first-order valence-electron chi connectivity index (χ1n) is 10.8. The number of carbonyl (C=O) groups is 1. The summed E-state index contributed by atoms with van der Waals surface area (Å²) in [5.74, 6) is 1.56. The van der Waals surface area contributed by atoms with Crippen molar-refractivity contribution in [2.75, 3.05) is 52.4 Å². The first-order valence-corrected chi connectivity index (χ1v) is 10.8. The van der Waals surface area contributed by atoms with Gasteiger partial charge in [0.25, 0.3) is 0 Å². The van der Waals surface area contributed by atoms with Crippen molar-refractivity contribution in [1.29, 1.82) is 0 Å². The molecule has 2 aromatic carbocycles. The molecule has 0 saturated carbocycles. The van der Waals surface area contributed by atoms with Crippen molar-refractivity contribution in [3.8, 4) is 17.2 Å². The van der Waals surface area contributed by atoms with E-state index >= 15 is 0 Å². The van der Waals surface area contributed by atoms with Crippen molar-refractivity contribution in [3.63, 3.8) is 0 Å². The minimum absolute atomic E-state index is 0.00684. The fourth-order valence-electron chi connectivity index (χ4n) is 4.32. The normalized spacial score (nSPS) is 13.8. The number of carbonyl (C=O) groups excluding carboxylic acids is 1.